The smallest absolute Gasteiger partial charge is 0.308 e. The Hall–Kier alpha value is -3.29. The molecule has 0 aliphatic rings. The van der Waals surface area contributed by atoms with Crippen molar-refractivity contribution in [3.8, 4) is 5.75 Å². The second kappa shape index (κ2) is 10.1. The second-order valence-corrected chi connectivity index (χ2v) is 6.22. The number of carbonyl (C=O) groups is 3. The number of methoxy groups -OCH3 is 1. The van der Waals surface area contributed by atoms with Gasteiger partial charge in [-0.05, 0) is 29.8 Å². The van der Waals surface area contributed by atoms with Gasteiger partial charge in [-0.3, -0.25) is 14.4 Å². The van der Waals surface area contributed by atoms with Crippen LogP contribution in [0.1, 0.15) is 30.7 Å². The third-order valence-electron chi connectivity index (χ3n) is 4.02. The van der Waals surface area contributed by atoms with E-state index in [0.29, 0.717) is 11.5 Å². The van der Waals surface area contributed by atoms with Crippen LogP contribution in [0.15, 0.2) is 47.1 Å². The largest absolute Gasteiger partial charge is 0.497 e. The molecule has 1 atom stereocenters. The molecular formula is C20H24N2O6. The van der Waals surface area contributed by atoms with Gasteiger partial charge in [-0.1, -0.05) is 12.1 Å². The number of nitrogens with one attached hydrogen (secondary N) is 1. The molecule has 1 aromatic heterocycles. The minimum absolute atomic E-state index is 0.0961. The zero-order chi connectivity index (χ0) is 20.5. The van der Waals surface area contributed by atoms with Crippen LogP contribution in [0.4, 0.5) is 0 Å². The fourth-order valence-electron chi connectivity index (χ4n) is 2.54. The van der Waals surface area contributed by atoms with Crippen LogP contribution in [0.25, 0.3) is 0 Å². The molecule has 1 aromatic carbocycles. The third-order valence-corrected chi connectivity index (χ3v) is 4.02. The van der Waals surface area contributed by atoms with Crippen molar-refractivity contribution in [2.75, 3.05) is 20.8 Å². The number of amides is 2. The van der Waals surface area contributed by atoms with Crippen molar-refractivity contribution in [1.29, 1.82) is 0 Å². The van der Waals surface area contributed by atoms with Gasteiger partial charge in [0.05, 0.1) is 32.4 Å². The molecule has 0 saturated heterocycles. The van der Waals surface area contributed by atoms with Gasteiger partial charge in [-0.15, -0.1) is 0 Å². The van der Waals surface area contributed by atoms with Crippen molar-refractivity contribution in [2.45, 2.75) is 25.9 Å². The Bertz CT molecular complexity index is 786. The van der Waals surface area contributed by atoms with Crippen molar-refractivity contribution in [3.63, 3.8) is 0 Å². The van der Waals surface area contributed by atoms with Crippen LogP contribution in [0.5, 0.6) is 5.75 Å². The Morgan fingerprint density at radius 1 is 1.18 bits per heavy atom. The van der Waals surface area contributed by atoms with Crippen LogP contribution in [0, 0.1) is 0 Å². The SMILES string of the molecule is COc1ccc(C(CC(=O)OCC(=O)N(C)Cc2ccco2)NC(C)=O)cc1. The summed E-state index contributed by atoms with van der Waals surface area (Å²) in [6, 6.07) is 9.92. The molecule has 2 aromatic rings. The molecule has 1 heterocycles. The maximum absolute atomic E-state index is 12.2. The molecule has 150 valence electrons. The first kappa shape index (κ1) is 21.0. The van der Waals surface area contributed by atoms with E-state index in [4.69, 9.17) is 13.9 Å². The molecular weight excluding hydrogens is 364 g/mol. The number of benzene rings is 1. The van der Waals surface area contributed by atoms with Gasteiger partial charge < -0.3 is 24.1 Å². The molecule has 28 heavy (non-hydrogen) atoms. The van der Waals surface area contributed by atoms with Crippen molar-refractivity contribution in [3.05, 3.63) is 54.0 Å². The molecule has 2 rings (SSSR count). The van der Waals surface area contributed by atoms with E-state index in [9.17, 15) is 14.4 Å². The van der Waals surface area contributed by atoms with Crippen LogP contribution in [-0.2, 0) is 25.7 Å². The van der Waals surface area contributed by atoms with Crippen LogP contribution in [-0.4, -0.2) is 43.4 Å². The average Bonchev–Trinajstić information content (AvgIpc) is 3.18. The summed E-state index contributed by atoms with van der Waals surface area (Å²) in [5.74, 6) is 0.0768. The maximum Gasteiger partial charge on any atom is 0.308 e. The van der Waals surface area contributed by atoms with Crippen molar-refractivity contribution in [2.24, 2.45) is 0 Å². The lowest BCUT2D eigenvalue weighted by molar-refractivity contribution is -0.152. The van der Waals surface area contributed by atoms with E-state index >= 15 is 0 Å². The van der Waals surface area contributed by atoms with Gasteiger partial charge in [0.15, 0.2) is 6.61 Å². The molecule has 0 fully saturated rings. The minimum Gasteiger partial charge on any atom is -0.497 e. The lowest BCUT2D eigenvalue weighted by Gasteiger charge is -2.19. The van der Waals surface area contributed by atoms with E-state index in [0.717, 1.165) is 5.56 Å². The molecule has 1 unspecified atom stereocenters. The summed E-state index contributed by atoms with van der Waals surface area (Å²) >= 11 is 0. The van der Waals surface area contributed by atoms with Crippen molar-refractivity contribution >= 4 is 17.8 Å². The Morgan fingerprint density at radius 3 is 2.46 bits per heavy atom. The van der Waals surface area contributed by atoms with Gasteiger partial charge in [0.2, 0.25) is 5.91 Å². The van der Waals surface area contributed by atoms with Gasteiger partial charge in [-0.2, -0.15) is 0 Å². The summed E-state index contributed by atoms with van der Waals surface area (Å²) in [5, 5.41) is 2.72. The molecule has 8 heteroatoms. The topological polar surface area (TPSA) is 98.1 Å². The standard InChI is InChI=1S/C20H24N2O6/c1-14(23)21-18(15-6-8-16(26-3)9-7-15)11-20(25)28-13-19(24)22(2)12-17-5-4-10-27-17/h4-10,18H,11-13H2,1-3H3,(H,21,23). The fraction of sp³-hybridized carbons (Fsp3) is 0.350. The summed E-state index contributed by atoms with van der Waals surface area (Å²) in [7, 11) is 3.15. The number of likely N-dealkylation sites (N-methyl/N-ethyl adjacent to an activating group) is 1. The monoisotopic (exact) mass is 388 g/mol. The van der Waals surface area contributed by atoms with Gasteiger partial charge in [-0.25, -0.2) is 0 Å². The number of furan rings is 1. The first-order valence-electron chi connectivity index (χ1n) is 8.72. The fourth-order valence-corrected chi connectivity index (χ4v) is 2.54. The highest BCUT2D eigenvalue weighted by Crippen LogP contribution is 2.21. The lowest BCUT2D eigenvalue weighted by Crippen LogP contribution is -2.32. The summed E-state index contributed by atoms with van der Waals surface area (Å²) in [6.07, 6.45) is 1.43. The van der Waals surface area contributed by atoms with Crippen LogP contribution in [0.3, 0.4) is 0 Å². The quantitative estimate of drug-likeness (QED) is 0.661. The first-order chi connectivity index (χ1) is 13.4. The van der Waals surface area contributed by atoms with Crippen LogP contribution < -0.4 is 10.1 Å². The number of carbonyl (C=O) groups excluding carboxylic acids is 3. The number of hydrogen-bond donors (Lipinski definition) is 1. The zero-order valence-corrected chi connectivity index (χ0v) is 16.1. The molecule has 0 saturated carbocycles. The number of rotatable bonds is 9. The van der Waals surface area contributed by atoms with Crippen molar-refractivity contribution < 1.29 is 28.3 Å². The Morgan fingerprint density at radius 2 is 1.89 bits per heavy atom. The summed E-state index contributed by atoms with van der Waals surface area (Å²) < 4.78 is 15.4. The van der Waals surface area contributed by atoms with Crippen LogP contribution in [0.2, 0.25) is 0 Å². The molecule has 8 nitrogen and oxygen atoms in total. The Kier molecular flexibility index (Phi) is 7.62. The van der Waals surface area contributed by atoms with E-state index in [-0.39, 0.29) is 31.4 Å². The molecule has 0 aliphatic heterocycles. The zero-order valence-electron chi connectivity index (χ0n) is 16.1. The highest BCUT2D eigenvalue weighted by atomic mass is 16.5. The number of ether oxygens (including phenoxy) is 2. The lowest BCUT2D eigenvalue weighted by atomic mass is 10.0. The van der Waals surface area contributed by atoms with Gasteiger partial charge >= 0.3 is 5.97 Å². The molecule has 1 N–H and O–H groups in total. The summed E-state index contributed by atoms with van der Waals surface area (Å²) in [6.45, 7) is 1.27. The number of esters is 1. The molecule has 0 spiro atoms. The van der Waals surface area contributed by atoms with Gasteiger partial charge in [0.1, 0.15) is 11.5 Å². The molecule has 0 aliphatic carbocycles. The van der Waals surface area contributed by atoms with E-state index in [1.807, 2.05) is 0 Å². The van der Waals surface area contributed by atoms with Crippen LogP contribution >= 0.6 is 0 Å². The predicted molar refractivity (Wildman–Crippen MR) is 100 cm³/mol. The third kappa shape index (κ3) is 6.46. The normalized spacial score (nSPS) is 11.4. The molecule has 0 bridgehead atoms. The maximum atomic E-state index is 12.2. The number of hydrogen-bond acceptors (Lipinski definition) is 6. The first-order valence-corrected chi connectivity index (χ1v) is 8.72. The summed E-state index contributed by atoms with van der Waals surface area (Å²) in [4.78, 5) is 37.2. The van der Waals surface area contributed by atoms with Crippen molar-refractivity contribution in [1.82, 2.24) is 10.2 Å². The van der Waals surface area contributed by atoms with E-state index < -0.39 is 12.0 Å². The number of nitrogens with zero attached hydrogens (tertiary/aromatic N) is 1. The van der Waals surface area contributed by atoms with Gasteiger partial charge in [0.25, 0.3) is 5.91 Å². The molecule has 2 amide bonds. The minimum atomic E-state index is -0.589. The Labute approximate surface area is 163 Å². The van der Waals surface area contributed by atoms with E-state index in [2.05, 4.69) is 5.32 Å². The summed E-state index contributed by atoms with van der Waals surface area (Å²) in [5.41, 5.74) is 0.731. The molecule has 0 radical (unpaired) electrons. The van der Waals surface area contributed by atoms with E-state index in [1.165, 1.54) is 18.1 Å². The van der Waals surface area contributed by atoms with E-state index in [1.54, 1.807) is 50.6 Å². The second-order valence-electron chi connectivity index (χ2n) is 6.22. The highest BCUT2D eigenvalue weighted by molar-refractivity contribution is 5.81. The predicted octanol–water partition coefficient (Wildman–Crippen LogP) is 2.06. The highest BCUT2D eigenvalue weighted by Gasteiger charge is 2.20. The van der Waals surface area contributed by atoms with Gasteiger partial charge in [0, 0.05) is 14.0 Å². The average molecular weight is 388 g/mol. The Balaban J connectivity index is 1.89.